The van der Waals surface area contributed by atoms with Crippen LogP contribution in [0.1, 0.15) is 36.3 Å². The molecule has 0 spiro atoms. The Balaban J connectivity index is 1.42. The molecule has 2 aromatic carbocycles. The van der Waals surface area contributed by atoms with E-state index in [1.165, 1.54) is 4.90 Å². The number of carboxylic acid groups (broad SMARTS) is 1. The minimum Gasteiger partial charge on any atom is -0.481 e. The number of carboxylic acids is 1. The second-order valence-electron chi connectivity index (χ2n) is 8.85. The van der Waals surface area contributed by atoms with Crippen LogP contribution in [0.25, 0.3) is 11.1 Å². The number of likely N-dealkylation sites (N-methyl/N-ethyl adjacent to an activating group) is 1. The van der Waals surface area contributed by atoms with Gasteiger partial charge in [0.15, 0.2) is 0 Å². The van der Waals surface area contributed by atoms with Crippen molar-refractivity contribution in [3.05, 3.63) is 59.7 Å². The number of ether oxygens (including phenoxy) is 1. The summed E-state index contributed by atoms with van der Waals surface area (Å²) in [5.74, 6) is -1.67. The second-order valence-corrected chi connectivity index (χ2v) is 8.85. The third-order valence-corrected chi connectivity index (χ3v) is 6.62. The lowest BCUT2D eigenvalue weighted by atomic mass is 9.98. The number of alkyl carbamates (subject to hydrolysis) is 1. The number of rotatable bonds is 7. The summed E-state index contributed by atoms with van der Waals surface area (Å²) in [6.07, 6.45) is -0.955. The Morgan fingerprint density at radius 1 is 1.03 bits per heavy atom. The quantitative estimate of drug-likeness (QED) is 0.630. The third kappa shape index (κ3) is 5.45. The summed E-state index contributed by atoms with van der Waals surface area (Å²) in [7, 11) is 1.67. The fourth-order valence-corrected chi connectivity index (χ4v) is 4.68. The van der Waals surface area contributed by atoms with E-state index < -0.39 is 24.0 Å². The normalized spacial score (nSPS) is 16.2. The van der Waals surface area contributed by atoms with Gasteiger partial charge in [-0.3, -0.25) is 14.4 Å². The summed E-state index contributed by atoms with van der Waals surface area (Å²) in [4.78, 5) is 52.0. The number of nitrogens with zero attached hydrogens (tertiary/aromatic N) is 2. The van der Waals surface area contributed by atoms with E-state index in [2.05, 4.69) is 5.32 Å². The topological polar surface area (TPSA) is 116 Å². The molecule has 1 unspecified atom stereocenters. The molecule has 0 bridgehead atoms. The number of hydrogen-bond acceptors (Lipinski definition) is 5. The highest BCUT2D eigenvalue weighted by molar-refractivity contribution is 5.87. The molecule has 1 aliphatic carbocycles. The van der Waals surface area contributed by atoms with Crippen LogP contribution >= 0.6 is 0 Å². The van der Waals surface area contributed by atoms with Gasteiger partial charge in [0.05, 0.1) is 0 Å². The summed E-state index contributed by atoms with van der Waals surface area (Å²) in [5.41, 5.74) is 4.34. The van der Waals surface area contributed by atoms with Crippen LogP contribution in [0, 0.1) is 0 Å². The fourth-order valence-electron chi connectivity index (χ4n) is 4.68. The number of fused-ring (bicyclic) bond motifs is 3. The van der Waals surface area contributed by atoms with Gasteiger partial charge in [0.25, 0.3) is 0 Å². The van der Waals surface area contributed by atoms with E-state index in [1.807, 2.05) is 48.5 Å². The van der Waals surface area contributed by atoms with E-state index in [0.29, 0.717) is 13.1 Å². The van der Waals surface area contributed by atoms with E-state index >= 15 is 0 Å². The molecule has 2 N–H and O–H groups in total. The van der Waals surface area contributed by atoms with Gasteiger partial charge in [0, 0.05) is 45.4 Å². The first-order valence-electron chi connectivity index (χ1n) is 11.7. The minimum atomic E-state index is -1.07. The van der Waals surface area contributed by atoms with Crippen molar-refractivity contribution in [1.29, 1.82) is 0 Å². The monoisotopic (exact) mass is 479 g/mol. The maximum absolute atomic E-state index is 13.1. The second kappa shape index (κ2) is 10.6. The van der Waals surface area contributed by atoms with Crippen molar-refractivity contribution in [2.24, 2.45) is 0 Å². The Hall–Kier alpha value is -3.88. The molecule has 0 radical (unpaired) electrons. The number of carbonyl (C=O) groups is 4. The lowest BCUT2D eigenvalue weighted by molar-refractivity contribution is -0.138. The van der Waals surface area contributed by atoms with Crippen molar-refractivity contribution in [2.45, 2.75) is 31.2 Å². The van der Waals surface area contributed by atoms with E-state index in [9.17, 15) is 19.2 Å². The Morgan fingerprint density at radius 3 is 2.29 bits per heavy atom. The van der Waals surface area contributed by atoms with Crippen LogP contribution < -0.4 is 5.32 Å². The molecule has 184 valence electrons. The molecule has 1 atom stereocenters. The number of aliphatic carboxylic acids is 1. The molecule has 1 aliphatic heterocycles. The van der Waals surface area contributed by atoms with Crippen LogP contribution in [0.3, 0.4) is 0 Å². The van der Waals surface area contributed by atoms with Gasteiger partial charge in [0.1, 0.15) is 12.6 Å². The average molecular weight is 480 g/mol. The molecule has 3 amide bonds. The molecular formula is C26H29N3O6. The lowest BCUT2D eigenvalue weighted by Gasteiger charge is -2.26. The lowest BCUT2D eigenvalue weighted by Crippen LogP contribution is -2.50. The SMILES string of the molecule is CN1CCN(C(=O)C(CCC(=O)O)NC(=O)OCC2c3ccccc3-c3ccccc32)CCC1=O. The summed E-state index contributed by atoms with van der Waals surface area (Å²) in [6, 6.07) is 14.9. The summed E-state index contributed by atoms with van der Waals surface area (Å²) in [6.45, 7) is 0.999. The van der Waals surface area contributed by atoms with Crippen molar-refractivity contribution < 1.29 is 29.0 Å². The van der Waals surface area contributed by atoms with Gasteiger partial charge >= 0.3 is 12.1 Å². The largest absolute Gasteiger partial charge is 0.481 e. The van der Waals surface area contributed by atoms with E-state index in [-0.39, 0.29) is 44.2 Å². The highest BCUT2D eigenvalue weighted by atomic mass is 16.5. The van der Waals surface area contributed by atoms with E-state index in [4.69, 9.17) is 9.84 Å². The van der Waals surface area contributed by atoms with Gasteiger partial charge in [-0.25, -0.2) is 4.79 Å². The molecule has 9 nitrogen and oxygen atoms in total. The minimum absolute atomic E-state index is 0.0631. The molecule has 2 aromatic rings. The van der Waals surface area contributed by atoms with Gasteiger partial charge in [-0.2, -0.15) is 0 Å². The average Bonchev–Trinajstić information content (AvgIpc) is 3.07. The zero-order valence-corrected chi connectivity index (χ0v) is 19.6. The molecule has 1 heterocycles. The van der Waals surface area contributed by atoms with Crippen LogP contribution in [0.2, 0.25) is 0 Å². The molecule has 4 rings (SSSR count). The number of amides is 3. The smallest absolute Gasteiger partial charge is 0.407 e. The Kier molecular flexibility index (Phi) is 7.33. The van der Waals surface area contributed by atoms with Gasteiger partial charge in [-0.15, -0.1) is 0 Å². The van der Waals surface area contributed by atoms with Gasteiger partial charge in [-0.05, 0) is 28.7 Å². The van der Waals surface area contributed by atoms with Crippen LogP contribution in [0.15, 0.2) is 48.5 Å². The molecular weight excluding hydrogens is 450 g/mol. The first-order valence-corrected chi connectivity index (χ1v) is 11.7. The number of benzene rings is 2. The summed E-state index contributed by atoms with van der Waals surface area (Å²) in [5, 5.41) is 11.7. The molecule has 2 aliphatic rings. The standard InChI is InChI=1S/C26H29N3O6/c1-28-14-15-29(13-12-23(28)30)25(33)22(10-11-24(31)32)27-26(34)35-16-21-19-8-4-2-6-17(19)18-7-3-5-9-20(18)21/h2-9,21-22H,10-16H2,1H3,(H,27,34)(H,31,32). The summed E-state index contributed by atoms with van der Waals surface area (Å²) >= 11 is 0. The molecule has 9 heteroatoms. The predicted molar refractivity (Wildman–Crippen MR) is 128 cm³/mol. The van der Waals surface area contributed by atoms with Gasteiger partial charge in [-0.1, -0.05) is 48.5 Å². The molecule has 0 aromatic heterocycles. The van der Waals surface area contributed by atoms with Crippen molar-refractivity contribution in [2.75, 3.05) is 33.3 Å². The predicted octanol–water partition coefficient (Wildman–Crippen LogP) is 2.45. The van der Waals surface area contributed by atoms with Crippen LogP contribution in [-0.4, -0.2) is 78.1 Å². The first kappa shape index (κ1) is 24.3. The Labute approximate surface area is 203 Å². The molecule has 1 saturated heterocycles. The van der Waals surface area contributed by atoms with E-state index in [0.717, 1.165) is 22.3 Å². The first-order chi connectivity index (χ1) is 16.8. The maximum atomic E-state index is 13.1. The third-order valence-electron chi connectivity index (χ3n) is 6.62. The fraction of sp³-hybridized carbons (Fsp3) is 0.385. The van der Waals surface area contributed by atoms with Crippen LogP contribution in [0.4, 0.5) is 4.79 Å². The Bertz CT molecular complexity index is 1090. The molecule has 0 saturated carbocycles. The molecule has 1 fully saturated rings. The molecule has 35 heavy (non-hydrogen) atoms. The number of hydrogen-bond donors (Lipinski definition) is 2. The summed E-state index contributed by atoms with van der Waals surface area (Å²) < 4.78 is 5.54. The van der Waals surface area contributed by atoms with Crippen LogP contribution in [0.5, 0.6) is 0 Å². The van der Waals surface area contributed by atoms with E-state index in [1.54, 1.807) is 11.9 Å². The van der Waals surface area contributed by atoms with Gasteiger partial charge < -0.3 is 25.0 Å². The van der Waals surface area contributed by atoms with Crippen molar-refractivity contribution in [3.63, 3.8) is 0 Å². The zero-order chi connectivity index (χ0) is 24.9. The highest BCUT2D eigenvalue weighted by Gasteiger charge is 2.32. The Morgan fingerprint density at radius 2 is 1.66 bits per heavy atom. The highest BCUT2D eigenvalue weighted by Crippen LogP contribution is 2.44. The zero-order valence-electron chi connectivity index (χ0n) is 19.6. The van der Waals surface area contributed by atoms with Crippen molar-refractivity contribution in [3.8, 4) is 11.1 Å². The number of nitrogens with one attached hydrogen (secondary N) is 1. The maximum Gasteiger partial charge on any atom is 0.407 e. The van der Waals surface area contributed by atoms with Gasteiger partial charge in [0.2, 0.25) is 11.8 Å². The number of carbonyl (C=O) groups excluding carboxylic acids is 3. The van der Waals surface area contributed by atoms with Crippen molar-refractivity contribution >= 4 is 23.9 Å². The van der Waals surface area contributed by atoms with Crippen LogP contribution in [-0.2, 0) is 19.1 Å². The van der Waals surface area contributed by atoms with Crippen molar-refractivity contribution in [1.82, 2.24) is 15.1 Å².